The number of hydrogen-bond acceptors (Lipinski definition) is 4. The molecule has 0 unspecified atom stereocenters. The van der Waals surface area contributed by atoms with Crippen LogP contribution in [-0.2, 0) is 6.42 Å². The van der Waals surface area contributed by atoms with Crippen molar-refractivity contribution in [3.05, 3.63) is 71.8 Å². The average Bonchev–Trinajstić information content (AvgIpc) is 2.48. The van der Waals surface area contributed by atoms with Crippen LogP contribution in [0.15, 0.2) is 55.1 Å². The summed E-state index contributed by atoms with van der Waals surface area (Å²) in [6.07, 6.45) is 2.03. The predicted molar refractivity (Wildman–Crippen MR) is 80.4 cm³/mol. The molecule has 2 aromatic rings. The van der Waals surface area contributed by atoms with E-state index in [2.05, 4.69) is 6.58 Å². The third-order valence-corrected chi connectivity index (χ3v) is 2.98. The Hall–Kier alpha value is -3.08. The zero-order chi connectivity index (χ0) is 16.1. The quantitative estimate of drug-likeness (QED) is 0.503. The molecule has 0 aliphatic heterocycles. The first kappa shape index (κ1) is 15.3. The van der Waals surface area contributed by atoms with E-state index in [0.29, 0.717) is 17.5 Å². The van der Waals surface area contributed by atoms with Crippen LogP contribution >= 0.6 is 0 Å². The number of carboxylic acid groups (broad SMARTS) is 1. The fraction of sp³-hybridized carbons (Fsp3) is 0.0588. The van der Waals surface area contributed by atoms with E-state index in [-0.39, 0.29) is 17.1 Å². The van der Waals surface area contributed by atoms with E-state index in [1.807, 2.05) is 0 Å². The van der Waals surface area contributed by atoms with Gasteiger partial charge in [-0.15, -0.1) is 6.58 Å². The third-order valence-electron chi connectivity index (χ3n) is 2.98. The highest BCUT2D eigenvalue weighted by Gasteiger charge is 2.14. The minimum atomic E-state index is -1.05. The molecule has 0 radical (unpaired) electrons. The third kappa shape index (κ3) is 3.52. The highest BCUT2D eigenvalue weighted by Crippen LogP contribution is 2.20. The van der Waals surface area contributed by atoms with Crippen LogP contribution in [0.4, 0.5) is 0 Å². The van der Waals surface area contributed by atoms with Crippen molar-refractivity contribution in [3.8, 4) is 11.5 Å². The molecule has 0 atom stereocenters. The van der Waals surface area contributed by atoms with Gasteiger partial charge in [-0.2, -0.15) is 0 Å². The Morgan fingerprint density at radius 2 is 1.82 bits per heavy atom. The number of hydrogen-bond donors (Lipinski definition) is 2. The van der Waals surface area contributed by atoms with Crippen LogP contribution in [0.5, 0.6) is 11.5 Å². The molecule has 0 amide bonds. The number of allylic oxidation sites excluding steroid dienone is 1. The molecule has 2 N–H and O–H groups in total. The molecule has 0 aliphatic carbocycles. The molecule has 5 heteroatoms. The normalized spacial score (nSPS) is 10.0. The van der Waals surface area contributed by atoms with Crippen LogP contribution in [0.3, 0.4) is 0 Å². The number of ether oxygens (including phenoxy) is 1. The standard InChI is InChI=1S/C17H14O5/c1-2-3-12-10-13(18)6-9-15(12)17(21)22-14-7-4-11(5-8-14)16(19)20/h2,4-10,18H,1,3H2,(H,19,20). The van der Waals surface area contributed by atoms with E-state index in [1.165, 1.54) is 42.5 Å². The topological polar surface area (TPSA) is 83.8 Å². The largest absolute Gasteiger partial charge is 0.508 e. The van der Waals surface area contributed by atoms with Gasteiger partial charge in [0, 0.05) is 0 Å². The number of rotatable bonds is 5. The second-order valence-corrected chi connectivity index (χ2v) is 4.55. The zero-order valence-corrected chi connectivity index (χ0v) is 11.7. The SMILES string of the molecule is C=CCc1cc(O)ccc1C(=O)Oc1ccc(C(=O)O)cc1. The number of aromatic hydroxyl groups is 1. The van der Waals surface area contributed by atoms with Gasteiger partial charge in [-0.1, -0.05) is 6.08 Å². The van der Waals surface area contributed by atoms with Crippen LogP contribution in [0.2, 0.25) is 0 Å². The second-order valence-electron chi connectivity index (χ2n) is 4.55. The Bertz CT molecular complexity index is 716. The molecule has 5 nitrogen and oxygen atoms in total. The van der Waals surface area contributed by atoms with E-state index >= 15 is 0 Å². The molecule has 0 fully saturated rings. The molecular formula is C17H14O5. The van der Waals surface area contributed by atoms with Gasteiger partial charge in [0.2, 0.25) is 0 Å². The number of benzene rings is 2. The van der Waals surface area contributed by atoms with Crippen molar-refractivity contribution in [3.63, 3.8) is 0 Å². The van der Waals surface area contributed by atoms with Gasteiger partial charge in [0.1, 0.15) is 11.5 Å². The van der Waals surface area contributed by atoms with E-state index in [0.717, 1.165) is 0 Å². The zero-order valence-electron chi connectivity index (χ0n) is 11.7. The summed E-state index contributed by atoms with van der Waals surface area (Å²) in [7, 11) is 0. The minimum absolute atomic E-state index is 0.0548. The lowest BCUT2D eigenvalue weighted by Gasteiger charge is -2.09. The van der Waals surface area contributed by atoms with Crippen LogP contribution < -0.4 is 4.74 Å². The molecule has 2 aromatic carbocycles. The van der Waals surface area contributed by atoms with E-state index in [4.69, 9.17) is 9.84 Å². The van der Waals surface area contributed by atoms with E-state index in [9.17, 15) is 14.7 Å². The second kappa shape index (κ2) is 6.58. The summed E-state index contributed by atoms with van der Waals surface area (Å²) >= 11 is 0. The maximum absolute atomic E-state index is 12.2. The summed E-state index contributed by atoms with van der Waals surface area (Å²) in [6.45, 7) is 3.61. The molecule has 0 saturated carbocycles. The molecule has 2 rings (SSSR count). The average molecular weight is 298 g/mol. The van der Waals surface area contributed by atoms with Gasteiger partial charge in [-0.25, -0.2) is 9.59 Å². The Labute approximate surface area is 127 Å². The first-order valence-electron chi connectivity index (χ1n) is 6.49. The van der Waals surface area contributed by atoms with Crippen LogP contribution in [0.25, 0.3) is 0 Å². The lowest BCUT2D eigenvalue weighted by atomic mass is 10.0. The van der Waals surface area contributed by atoms with Crippen LogP contribution in [-0.4, -0.2) is 22.2 Å². The highest BCUT2D eigenvalue weighted by molar-refractivity contribution is 5.93. The van der Waals surface area contributed by atoms with Crippen molar-refractivity contribution in [2.75, 3.05) is 0 Å². The number of aromatic carboxylic acids is 1. The molecule has 0 heterocycles. The molecule has 22 heavy (non-hydrogen) atoms. The Morgan fingerprint density at radius 3 is 2.41 bits per heavy atom. The van der Waals surface area contributed by atoms with Crippen molar-refractivity contribution >= 4 is 11.9 Å². The summed E-state index contributed by atoms with van der Waals surface area (Å²) in [5, 5.41) is 18.3. The Balaban J connectivity index is 2.21. The Morgan fingerprint density at radius 1 is 1.14 bits per heavy atom. The molecular weight excluding hydrogens is 284 g/mol. The number of carbonyl (C=O) groups is 2. The van der Waals surface area contributed by atoms with E-state index < -0.39 is 11.9 Å². The van der Waals surface area contributed by atoms with Crippen LogP contribution in [0.1, 0.15) is 26.3 Å². The molecule has 112 valence electrons. The van der Waals surface area contributed by atoms with E-state index in [1.54, 1.807) is 6.08 Å². The first-order chi connectivity index (χ1) is 10.5. The molecule has 0 aromatic heterocycles. The lowest BCUT2D eigenvalue weighted by molar-refractivity contribution is 0.0696. The number of carbonyl (C=O) groups excluding carboxylic acids is 1. The van der Waals surface area contributed by atoms with Gasteiger partial charge in [-0.05, 0) is 54.4 Å². The maximum atomic E-state index is 12.2. The van der Waals surface area contributed by atoms with Crippen LogP contribution in [0, 0.1) is 0 Å². The predicted octanol–water partition coefficient (Wildman–Crippen LogP) is 3.04. The smallest absolute Gasteiger partial charge is 0.343 e. The lowest BCUT2D eigenvalue weighted by Crippen LogP contribution is -2.11. The summed E-state index contributed by atoms with van der Waals surface area (Å²) in [5.74, 6) is -1.34. The first-order valence-corrected chi connectivity index (χ1v) is 6.49. The fourth-order valence-corrected chi connectivity index (χ4v) is 1.93. The summed E-state index contributed by atoms with van der Waals surface area (Å²) < 4.78 is 5.21. The van der Waals surface area contributed by atoms with Gasteiger partial charge in [0.25, 0.3) is 0 Å². The van der Waals surface area contributed by atoms with Crippen molar-refractivity contribution in [1.29, 1.82) is 0 Å². The van der Waals surface area contributed by atoms with Crippen molar-refractivity contribution < 1.29 is 24.5 Å². The van der Waals surface area contributed by atoms with Crippen molar-refractivity contribution in [2.24, 2.45) is 0 Å². The number of phenols is 1. The maximum Gasteiger partial charge on any atom is 0.343 e. The number of carboxylic acids is 1. The van der Waals surface area contributed by atoms with Gasteiger partial charge < -0.3 is 14.9 Å². The van der Waals surface area contributed by atoms with Gasteiger partial charge >= 0.3 is 11.9 Å². The van der Waals surface area contributed by atoms with Crippen molar-refractivity contribution in [2.45, 2.75) is 6.42 Å². The van der Waals surface area contributed by atoms with Gasteiger partial charge in [0.15, 0.2) is 0 Å². The van der Waals surface area contributed by atoms with Gasteiger partial charge in [0.05, 0.1) is 11.1 Å². The monoisotopic (exact) mass is 298 g/mol. The summed E-state index contributed by atoms with van der Waals surface area (Å²) in [5.41, 5.74) is 1.03. The summed E-state index contributed by atoms with van der Waals surface area (Å²) in [6, 6.07) is 9.88. The molecule has 0 spiro atoms. The Kier molecular flexibility index (Phi) is 4.58. The molecule has 0 aliphatic rings. The van der Waals surface area contributed by atoms with Crippen molar-refractivity contribution in [1.82, 2.24) is 0 Å². The highest BCUT2D eigenvalue weighted by atomic mass is 16.5. The fourth-order valence-electron chi connectivity index (χ4n) is 1.93. The number of phenolic OH excluding ortho intramolecular Hbond substituents is 1. The minimum Gasteiger partial charge on any atom is -0.508 e. The molecule has 0 saturated heterocycles. The van der Waals surface area contributed by atoms with Gasteiger partial charge in [-0.3, -0.25) is 0 Å². The number of esters is 1. The molecule has 0 bridgehead atoms. The summed E-state index contributed by atoms with van der Waals surface area (Å²) in [4.78, 5) is 22.9.